The molecule has 178 valence electrons. The van der Waals surface area contributed by atoms with E-state index in [9.17, 15) is 23.1 Å². The number of halogens is 3. The van der Waals surface area contributed by atoms with Crippen LogP contribution in [0.25, 0.3) is 27.7 Å². The third-order valence-electron chi connectivity index (χ3n) is 5.23. The van der Waals surface area contributed by atoms with E-state index in [2.05, 4.69) is 25.4 Å². The van der Waals surface area contributed by atoms with Crippen LogP contribution in [0.3, 0.4) is 0 Å². The van der Waals surface area contributed by atoms with Gasteiger partial charge in [0.05, 0.1) is 11.1 Å². The summed E-state index contributed by atoms with van der Waals surface area (Å²) < 4.78 is 39.2. The number of nitrogens with zero attached hydrogens (tertiary/aromatic N) is 4. The summed E-state index contributed by atoms with van der Waals surface area (Å²) in [6, 6.07) is 11.7. The lowest BCUT2D eigenvalue weighted by atomic mass is 10.0. The van der Waals surface area contributed by atoms with Gasteiger partial charge in [0.2, 0.25) is 5.95 Å². The van der Waals surface area contributed by atoms with Gasteiger partial charge in [-0.1, -0.05) is 18.2 Å². The summed E-state index contributed by atoms with van der Waals surface area (Å²) in [7, 11) is 0. The Bertz CT molecular complexity index is 1560. The first kappa shape index (κ1) is 22.0. The third kappa shape index (κ3) is 4.26. The highest BCUT2D eigenvalue weighted by molar-refractivity contribution is 6.07. The van der Waals surface area contributed by atoms with Crippen LogP contribution in [0.2, 0.25) is 0 Å². The molecule has 0 atom stereocenters. The Morgan fingerprint density at radius 1 is 1.17 bits per heavy atom. The van der Waals surface area contributed by atoms with Gasteiger partial charge in [-0.05, 0) is 29.8 Å². The molecular weight excluding hydrogens is 465 g/mol. The quantitative estimate of drug-likeness (QED) is 0.257. The number of imidazole rings is 1. The minimum absolute atomic E-state index is 0.0325. The fraction of sp³-hybridized carbons (Fsp3) is 0.0909. The number of hydrogen-bond acceptors (Lipinski definition) is 7. The van der Waals surface area contributed by atoms with Gasteiger partial charge in [-0.15, -0.1) is 0 Å². The standard InChI is InChI=1S/C22H17F3N8O2/c23-22(24,25)9-27-20(35)13-8-33-18(19(26)28-10-29-33)16(13)11-4-6-12(7-5-11)30-21-31-14-2-1-3-15(34)17(14)32-21/h1-8,10,34H,9H2,(H,27,35)(H2,26,28,29)(H2,30,31,32). The van der Waals surface area contributed by atoms with Crippen LogP contribution in [0.1, 0.15) is 10.4 Å². The number of nitrogens with two attached hydrogens (primary N) is 1. The third-order valence-corrected chi connectivity index (χ3v) is 5.23. The van der Waals surface area contributed by atoms with Crippen molar-refractivity contribution in [2.75, 3.05) is 17.6 Å². The zero-order chi connectivity index (χ0) is 24.7. The first-order valence-corrected chi connectivity index (χ1v) is 10.2. The summed E-state index contributed by atoms with van der Waals surface area (Å²) in [5, 5.41) is 18.9. The average molecular weight is 482 g/mol. The summed E-state index contributed by atoms with van der Waals surface area (Å²) in [4.78, 5) is 23.9. The number of aromatic nitrogens is 5. The molecule has 35 heavy (non-hydrogen) atoms. The Kier molecular flexibility index (Phi) is 5.16. The van der Waals surface area contributed by atoms with E-state index in [4.69, 9.17) is 5.73 Å². The summed E-state index contributed by atoms with van der Waals surface area (Å²) in [5.74, 6) is -0.399. The number of benzene rings is 2. The number of nitrogen functional groups attached to an aromatic ring is 1. The molecule has 6 N–H and O–H groups in total. The predicted octanol–water partition coefficient (Wildman–Crippen LogP) is 3.60. The van der Waals surface area contributed by atoms with Crippen molar-refractivity contribution >= 4 is 39.9 Å². The number of aromatic amines is 1. The van der Waals surface area contributed by atoms with E-state index >= 15 is 0 Å². The minimum Gasteiger partial charge on any atom is -0.506 e. The highest BCUT2D eigenvalue weighted by Gasteiger charge is 2.29. The molecule has 5 aromatic rings. The largest absolute Gasteiger partial charge is 0.506 e. The fourth-order valence-corrected chi connectivity index (χ4v) is 3.71. The molecule has 10 nitrogen and oxygen atoms in total. The molecule has 0 unspecified atom stereocenters. The van der Waals surface area contributed by atoms with Crippen LogP contribution >= 0.6 is 0 Å². The van der Waals surface area contributed by atoms with Crippen LogP contribution in [0.5, 0.6) is 5.75 Å². The van der Waals surface area contributed by atoms with Gasteiger partial charge >= 0.3 is 6.18 Å². The minimum atomic E-state index is -4.56. The van der Waals surface area contributed by atoms with Crippen LogP contribution < -0.4 is 16.4 Å². The van der Waals surface area contributed by atoms with Gasteiger partial charge in [-0.3, -0.25) is 4.79 Å². The van der Waals surface area contributed by atoms with Crippen LogP contribution in [-0.2, 0) is 0 Å². The molecule has 13 heteroatoms. The van der Waals surface area contributed by atoms with Crippen molar-refractivity contribution in [3.8, 4) is 16.9 Å². The monoisotopic (exact) mass is 482 g/mol. The lowest BCUT2D eigenvalue weighted by molar-refractivity contribution is -0.123. The number of amides is 1. The number of rotatable bonds is 5. The summed E-state index contributed by atoms with van der Waals surface area (Å²) in [6.07, 6.45) is -2.07. The molecule has 0 aliphatic carbocycles. The van der Waals surface area contributed by atoms with Crippen LogP contribution in [0, 0.1) is 0 Å². The zero-order valence-electron chi connectivity index (χ0n) is 17.8. The average Bonchev–Trinajstić information content (AvgIpc) is 3.41. The maximum absolute atomic E-state index is 12.6. The number of fused-ring (bicyclic) bond motifs is 2. The zero-order valence-corrected chi connectivity index (χ0v) is 17.8. The number of carbonyl (C=O) groups excluding carboxylic acids is 1. The maximum Gasteiger partial charge on any atom is 0.405 e. The highest BCUT2D eigenvalue weighted by atomic mass is 19.4. The van der Waals surface area contributed by atoms with E-state index in [1.54, 1.807) is 42.5 Å². The van der Waals surface area contributed by atoms with E-state index in [1.165, 1.54) is 17.0 Å². The van der Waals surface area contributed by atoms with Gasteiger partial charge in [0.15, 0.2) is 5.82 Å². The Hall–Kier alpha value is -4.81. The van der Waals surface area contributed by atoms with Crippen molar-refractivity contribution in [2.24, 2.45) is 0 Å². The molecule has 0 spiro atoms. The van der Waals surface area contributed by atoms with Crippen molar-refractivity contribution in [3.05, 3.63) is 60.6 Å². The van der Waals surface area contributed by atoms with Crippen molar-refractivity contribution in [1.82, 2.24) is 29.9 Å². The Balaban J connectivity index is 1.49. The van der Waals surface area contributed by atoms with Gasteiger partial charge in [-0.2, -0.15) is 18.3 Å². The normalized spacial score (nSPS) is 11.7. The first-order valence-electron chi connectivity index (χ1n) is 10.2. The Morgan fingerprint density at radius 2 is 1.94 bits per heavy atom. The number of phenolic OH excluding ortho intramolecular Hbond substituents is 1. The van der Waals surface area contributed by atoms with E-state index in [0.717, 1.165) is 0 Å². The summed E-state index contributed by atoms with van der Waals surface area (Å²) in [5.41, 5.74) is 8.76. The number of hydrogen-bond donors (Lipinski definition) is 5. The summed E-state index contributed by atoms with van der Waals surface area (Å²) >= 11 is 0. The SMILES string of the molecule is Nc1ncnn2cc(C(=O)NCC(F)(F)F)c(-c3ccc(Nc4nc5cccc(O)c5[nH]4)cc3)c12. The molecule has 3 aromatic heterocycles. The molecule has 3 heterocycles. The number of nitrogens with one attached hydrogen (secondary N) is 3. The van der Waals surface area contributed by atoms with Crippen LogP contribution in [-0.4, -0.2) is 48.3 Å². The van der Waals surface area contributed by atoms with E-state index in [-0.39, 0.29) is 22.6 Å². The molecule has 0 aliphatic heterocycles. The molecular formula is C22H17F3N8O2. The number of anilines is 3. The van der Waals surface area contributed by atoms with Gasteiger partial charge in [-0.25, -0.2) is 14.5 Å². The van der Waals surface area contributed by atoms with Crippen LogP contribution in [0.4, 0.5) is 30.6 Å². The Morgan fingerprint density at radius 3 is 2.66 bits per heavy atom. The highest BCUT2D eigenvalue weighted by Crippen LogP contribution is 2.34. The molecule has 0 saturated carbocycles. The lowest BCUT2D eigenvalue weighted by Gasteiger charge is -2.10. The number of H-pyrrole nitrogens is 1. The first-order chi connectivity index (χ1) is 16.7. The number of alkyl halides is 3. The van der Waals surface area contributed by atoms with Crippen molar-refractivity contribution in [2.45, 2.75) is 6.18 Å². The summed E-state index contributed by atoms with van der Waals surface area (Å²) in [6.45, 7) is -1.48. The molecule has 0 saturated heterocycles. The maximum atomic E-state index is 12.6. The molecule has 2 aromatic carbocycles. The van der Waals surface area contributed by atoms with Crippen molar-refractivity contribution in [3.63, 3.8) is 0 Å². The topological polar surface area (TPSA) is 146 Å². The number of carbonyl (C=O) groups is 1. The second-order valence-electron chi connectivity index (χ2n) is 7.61. The van der Waals surface area contributed by atoms with Gasteiger partial charge in [0.1, 0.15) is 29.7 Å². The number of aromatic hydroxyl groups is 1. The van der Waals surface area contributed by atoms with Crippen LogP contribution in [0.15, 0.2) is 55.0 Å². The molecule has 0 aliphatic rings. The smallest absolute Gasteiger partial charge is 0.405 e. The molecule has 0 bridgehead atoms. The molecule has 0 fully saturated rings. The van der Waals surface area contributed by atoms with Gasteiger partial charge in [0.25, 0.3) is 5.91 Å². The predicted molar refractivity (Wildman–Crippen MR) is 122 cm³/mol. The van der Waals surface area contributed by atoms with Gasteiger partial charge < -0.3 is 26.5 Å². The molecule has 1 amide bonds. The second kappa shape index (κ2) is 8.20. The lowest BCUT2D eigenvalue weighted by Crippen LogP contribution is -2.33. The fourth-order valence-electron chi connectivity index (χ4n) is 3.71. The number of para-hydroxylation sites is 1. The number of phenols is 1. The van der Waals surface area contributed by atoms with Crippen molar-refractivity contribution < 1.29 is 23.1 Å². The Labute approximate surface area is 194 Å². The molecule has 5 rings (SSSR count). The van der Waals surface area contributed by atoms with E-state index < -0.39 is 18.6 Å². The van der Waals surface area contributed by atoms with E-state index in [1.807, 2.05) is 5.32 Å². The van der Waals surface area contributed by atoms with E-state index in [0.29, 0.717) is 33.8 Å². The van der Waals surface area contributed by atoms with Gasteiger partial charge in [0, 0.05) is 17.4 Å². The van der Waals surface area contributed by atoms with Crippen molar-refractivity contribution in [1.29, 1.82) is 0 Å². The second-order valence-corrected chi connectivity index (χ2v) is 7.61. The molecule has 0 radical (unpaired) electrons.